The predicted octanol–water partition coefficient (Wildman–Crippen LogP) is 3.54. The Hall–Kier alpha value is -1.54. The van der Waals surface area contributed by atoms with Gasteiger partial charge in [0.25, 0.3) is 0 Å². The summed E-state index contributed by atoms with van der Waals surface area (Å²) >= 11 is 12.3. The molecule has 0 aliphatic rings. The highest BCUT2D eigenvalue weighted by atomic mass is 35.5. The van der Waals surface area contributed by atoms with E-state index in [1.807, 2.05) is 13.0 Å². The second kappa shape index (κ2) is 6.95. The first-order valence-electron chi connectivity index (χ1n) is 6.44. The van der Waals surface area contributed by atoms with Gasteiger partial charge in [0.2, 0.25) is 0 Å². The molecule has 6 heteroatoms. The fourth-order valence-corrected chi connectivity index (χ4v) is 2.57. The molecular weight excluding hydrogens is 309 g/mol. The zero-order valence-electron chi connectivity index (χ0n) is 11.8. The van der Waals surface area contributed by atoms with E-state index >= 15 is 0 Å². The van der Waals surface area contributed by atoms with Crippen LogP contribution >= 0.6 is 23.2 Å². The van der Waals surface area contributed by atoms with Gasteiger partial charge >= 0.3 is 0 Å². The van der Waals surface area contributed by atoms with Gasteiger partial charge in [0.05, 0.1) is 6.54 Å². The van der Waals surface area contributed by atoms with Crippen LogP contribution in [0.25, 0.3) is 0 Å². The van der Waals surface area contributed by atoms with Gasteiger partial charge in [-0.05, 0) is 12.1 Å². The molecule has 0 saturated heterocycles. The van der Waals surface area contributed by atoms with E-state index in [2.05, 4.69) is 21.9 Å². The lowest BCUT2D eigenvalue weighted by atomic mass is 9.93. The van der Waals surface area contributed by atoms with Crippen molar-refractivity contribution in [2.24, 2.45) is 0 Å². The van der Waals surface area contributed by atoms with Crippen LogP contribution in [0.2, 0.25) is 10.0 Å². The number of nitrogens with zero attached hydrogens (tertiary/aromatic N) is 3. The number of benzene rings is 1. The quantitative estimate of drug-likeness (QED) is 0.808. The summed E-state index contributed by atoms with van der Waals surface area (Å²) in [6.07, 6.45) is 3.80. The number of ether oxygens (including phenoxy) is 1. The van der Waals surface area contributed by atoms with Crippen LogP contribution in [0.3, 0.4) is 0 Å². The molecule has 2 aromatic rings. The SMILES string of the molecule is CCC#CC(Cn1cncn1)(OC)c1ccc(Cl)cc1Cl. The van der Waals surface area contributed by atoms with Crippen molar-refractivity contribution in [1.29, 1.82) is 0 Å². The van der Waals surface area contributed by atoms with Crippen LogP contribution in [-0.4, -0.2) is 21.9 Å². The third kappa shape index (κ3) is 3.56. The lowest BCUT2D eigenvalue weighted by Crippen LogP contribution is -2.33. The molecule has 4 nitrogen and oxygen atoms in total. The second-order valence-corrected chi connectivity index (χ2v) is 5.25. The normalized spacial score (nSPS) is 13.3. The van der Waals surface area contributed by atoms with Crippen LogP contribution in [-0.2, 0) is 16.9 Å². The summed E-state index contributed by atoms with van der Waals surface area (Å²) in [5.74, 6) is 6.22. The summed E-state index contributed by atoms with van der Waals surface area (Å²) in [6, 6.07) is 5.28. The maximum atomic E-state index is 6.33. The predicted molar refractivity (Wildman–Crippen MR) is 83.2 cm³/mol. The molecule has 0 radical (unpaired) electrons. The molecule has 21 heavy (non-hydrogen) atoms. The largest absolute Gasteiger partial charge is 0.359 e. The molecule has 2 rings (SSSR count). The van der Waals surface area contributed by atoms with E-state index in [1.165, 1.54) is 6.33 Å². The van der Waals surface area contributed by atoms with Crippen LogP contribution in [0.15, 0.2) is 30.9 Å². The summed E-state index contributed by atoms with van der Waals surface area (Å²) < 4.78 is 7.40. The summed E-state index contributed by atoms with van der Waals surface area (Å²) in [7, 11) is 1.60. The third-order valence-corrected chi connectivity index (χ3v) is 3.58. The Balaban J connectivity index is 2.52. The van der Waals surface area contributed by atoms with E-state index in [0.717, 1.165) is 5.56 Å². The van der Waals surface area contributed by atoms with Crippen molar-refractivity contribution < 1.29 is 4.74 Å². The van der Waals surface area contributed by atoms with E-state index in [9.17, 15) is 0 Å². The van der Waals surface area contributed by atoms with Crippen molar-refractivity contribution in [3.05, 3.63) is 46.5 Å². The second-order valence-electron chi connectivity index (χ2n) is 4.40. The van der Waals surface area contributed by atoms with Crippen LogP contribution < -0.4 is 0 Å². The maximum absolute atomic E-state index is 6.33. The maximum Gasteiger partial charge on any atom is 0.174 e. The highest BCUT2D eigenvalue weighted by molar-refractivity contribution is 6.35. The minimum absolute atomic E-state index is 0.387. The van der Waals surface area contributed by atoms with Crippen LogP contribution in [0.4, 0.5) is 0 Å². The Morgan fingerprint density at radius 2 is 2.19 bits per heavy atom. The molecule has 1 atom stereocenters. The average molecular weight is 324 g/mol. The zero-order valence-corrected chi connectivity index (χ0v) is 13.3. The number of hydrogen-bond donors (Lipinski definition) is 0. The van der Waals surface area contributed by atoms with Gasteiger partial charge in [0.15, 0.2) is 5.60 Å². The minimum atomic E-state index is -0.897. The number of rotatable bonds is 4. The standard InChI is InChI=1S/C15H15Cl2N3O/c1-3-4-7-15(21-2,9-20-11-18-10-19-20)13-6-5-12(16)8-14(13)17/h5-6,8,10-11H,3,9H2,1-2H3. The van der Waals surface area contributed by atoms with Crippen molar-refractivity contribution in [3.63, 3.8) is 0 Å². The molecule has 0 N–H and O–H groups in total. The molecule has 0 aliphatic heterocycles. The van der Waals surface area contributed by atoms with Gasteiger partial charge in [0.1, 0.15) is 12.7 Å². The van der Waals surface area contributed by atoms with Gasteiger partial charge in [-0.1, -0.05) is 42.1 Å². The van der Waals surface area contributed by atoms with Gasteiger partial charge in [0, 0.05) is 29.1 Å². The average Bonchev–Trinajstić information content (AvgIpc) is 2.96. The van der Waals surface area contributed by atoms with Crippen molar-refractivity contribution in [1.82, 2.24) is 14.8 Å². The lowest BCUT2D eigenvalue weighted by Gasteiger charge is -2.28. The van der Waals surface area contributed by atoms with E-state index < -0.39 is 5.60 Å². The van der Waals surface area contributed by atoms with E-state index in [1.54, 1.807) is 30.3 Å². The molecule has 0 amide bonds. The van der Waals surface area contributed by atoms with E-state index in [4.69, 9.17) is 27.9 Å². The Bertz CT molecular complexity index is 661. The van der Waals surface area contributed by atoms with E-state index in [-0.39, 0.29) is 0 Å². The fraction of sp³-hybridized carbons (Fsp3) is 0.333. The Morgan fingerprint density at radius 3 is 2.76 bits per heavy atom. The van der Waals surface area contributed by atoms with Crippen molar-refractivity contribution in [2.75, 3.05) is 7.11 Å². The Labute approximate surface area is 134 Å². The van der Waals surface area contributed by atoms with Gasteiger partial charge < -0.3 is 4.74 Å². The van der Waals surface area contributed by atoms with Crippen molar-refractivity contribution in [3.8, 4) is 11.8 Å². The highest BCUT2D eigenvalue weighted by Crippen LogP contribution is 2.34. The molecule has 0 saturated carbocycles. The van der Waals surface area contributed by atoms with Gasteiger partial charge in [-0.25, -0.2) is 9.67 Å². The van der Waals surface area contributed by atoms with Gasteiger partial charge in [-0.15, -0.1) is 5.92 Å². The first-order chi connectivity index (χ1) is 10.1. The Morgan fingerprint density at radius 1 is 1.38 bits per heavy atom. The van der Waals surface area contributed by atoms with Gasteiger partial charge in [-0.2, -0.15) is 5.10 Å². The zero-order chi connectivity index (χ0) is 15.3. The van der Waals surface area contributed by atoms with Crippen LogP contribution in [0.5, 0.6) is 0 Å². The van der Waals surface area contributed by atoms with Crippen LogP contribution in [0.1, 0.15) is 18.9 Å². The number of methoxy groups -OCH3 is 1. The monoisotopic (exact) mass is 323 g/mol. The van der Waals surface area contributed by atoms with Crippen LogP contribution in [0, 0.1) is 11.8 Å². The molecule has 0 bridgehead atoms. The van der Waals surface area contributed by atoms with Crippen molar-refractivity contribution >= 4 is 23.2 Å². The lowest BCUT2D eigenvalue weighted by molar-refractivity contribution is 0.0198. The Kier molecular flexibility index (Phi) is 5.24. The summed E-state index contributed by atoms with van der Waals surface area (Å²) in [5, 5.41) is 5.20. The molecule has 110 valence electrons. The van der Waals surface area contributed by atoms with Crippen molar-refractivity contribution in [2.45, 2.75) is 25.5 Å². The molecule has 0 aliphatic carbocycles. The first-order valence-corrected chi connectivity index (χ1v) is 7.20. The molecule has 0 spiro atoms. The summed E-state index contributed by atoms with van der Waals surface area (Å²) in [5.41, 5.74) is -0.140. The molecular formula is C15H15Cl2N3O. The fourth-order valence-electron chi connectivity index (χ4n) is 2.01. The summed E-state index contributed by atoms with van der Waals surface area (Å²) in [4.78, 5) is 3.95. The number of aromatic nitrogens is 3. The number of hydrogen-bond acceptors (Lipinski definition) is 3. The number of halogens is 2. The topological polar surface area (TPSA) is 39.9 Å². The molecule has 1 heterocycles. The van der Waals surface area contributed by atoms with Gasteiger partial charge in [-0.3, -0.25) is 0 Å². The highest BCUT2D eigenvalue weighted by Gasteiger charge is 2.33. The molecule has 1 unspecified atom stereocenters. The third-order valence-electron chi connectivity index (χ3n) is 3.03. The smallest absolute Gasteiger partial charge is 0.174 e. The minimum Gasteiger partial charge on any atom is -0.359 e. The first kappa shape index (κ1) is 15.8. The molecule has 1 aromatic heterocycles. The van der Waals surface area contributed by atoms with E-state index in [0.29, 0.717) is 23.0 Å². The molecule has 0 fully saturated rings. The summed E-state index contributed by atoms with van der Waals surface area (Å²) in [6.45, 7) is 2.37. The molecule has 1 aromatic carbocycles.